The van der Waals surface area contributed by atoms with Crippen molar-refractivity contribution in [1.82, 2.24) is 10.4 Å². The summed E-state index contributed by atoms with van der Waals surface area (Å²) in [5.74, 6) is 0.492. The number of hydrogen-bond acceptors (Lipinski definition) is 8. The number of rotatable bonds is 9. The van der Waals surface area contributed by atoms with Crippen LogP contribution < -0.4 is 20.2 Å². The highest BCUT2D eigenvalue weighted by Crippen LogP contribution is 2.36. The zero-order valence-electron chi connectivity index (χ0n) is 19.4. The molecule has 1 amide bonds. The molecule has 0 aliphatic carbocycles. The van der Waals surface area contributed by atoms with Gasteiger partial charge in [0.25, 0.3) is 5.91 Å². The van der Waals surface area contributed by atoms with Crippen LogP contribution in [0.1, 0.15) is 15.9 Å². The fourth-order valence-corrected chi connectivity index (χ4v) is 4.64. The number of hydrazone groups is 1. The summed E-state index contributed by atoms with van der Waals surface area (Å²) in [6, 6.07) is 19.8. The number of halogens is 2. The number of carbonyl (C=O) groups is 1. The minimum absolute atomic E-state index is 0.110. The van der Waals surface area contributed by atoms with Crippen LogP contribution in [0.2, 0.25) is 5.02 Å². The Labute approximate surface area is 230 Å². The molecule has 0 aliphatic rings. The Morgan fingerprint density at radius 2 is 1.97 bits per heavy atom. The lowest BCUT2D eigenvalue weighted by molar-refractivity contribution is 0.0955. The first-order valence-electron chi connectivity index (χ1n) is 10.8. The van der Waals surface area contributed by atoms with Gasteiger partial charge in [-0.25, -0.2) is 10.4 Å². The molecule has 0 saturated carbocycles. The molecule has 37 heavy (non-hydrogen) atoms. The molecule has 4 aromatic rings. The monoisotopic (exact) mass is 595 g/mol. The highest BCUT2D eigenvalue weighted by molar-refractivity contribution is 9.10. The molecule has 0 spiro atoms. The van der Waals surface area contributed by atoms with Gasteiger partial charge in [0, 0.05) is 27.2 Å². The van der Waals surface area contributed by atoms with E-state index in [1.54, 1.807) is 24.3 Å². The molecule has 0 fully saturated rings. The number of aromatic nitrogens is 1. The standard InChI is InChI=1S/C26H19BrClN5O3S/c1-35-23-13-16(12-21(27)24(23)36-11-10-29)14-30-33-25(34)18-4-2-17(3-5-18)22-15-37-26(32-22)31-20-8-6-19(28)7-9-20/h2-9,12-15H,11H2,1H3,(H,31,32)(H,33,34)/b30-14-. The predicted molar refractivity (Wildman–Crippen MR) is 149 cm³/mol. The summed E-state index contributed by atoms with van der Waals surface area (Å²) in [5, 5.41) is 19.4. The van der Waals surface area contributed by atoms with Crippen LogP contribution in [0, 0.1) is 11.3 Å². The molecule has 0 bridgehead atoms. The van der Waals surface area contributed by atoms with Crippen LogP contribution in [0.5, 0.6) is 11.5 Å². The zero-order valence-corrected chi connectivity index (χ0v) is 22.5. The first kappa shape index (κ1) is 26.2. The second-order valence-corrected chi connectivity index (χ2v) is 9.58. The minimum atomic E-state index is -0.355. The molecule has 0 saturated heterocycles. The van der Waals surface area contributed by atoms with Crippen molar-refractivity contribution < 1.29 is 14.3 Å². The number of nitrogens with zero attached hydrogens (tertiary/aromatic N) is 3. The van der Waals surface area contributed by atoms with Crippen molar-refractivity contribution in [3.63, 3.8) is 0 Å². The van der Waals surface area contributed by atoms with E-state index >= 15 is 0 Å². The smallest absolute Gasteiger partial charge is 0.271 e. The molecule has 0 aliphatic heterocycles. The third-order valence-electron chi connectivity index (χ3n) is 4.96. The number of amides is 1. The van der Waals surface area contributed by atoms with Crippen molar-refractivity contribution >= 4 is 61.8 Å². The lowest BCUT2D eigenvalue weighted by atomic mass is 10.1. The maximum absolute atomic E-state index is 12.5. The Balaban J connectivity index is 1.37. The Hall–Kier alpha value is -3.91. The third kappa shape index (κ3) is 6.86. The van der Waals surface area contributed by atoms with E-state index in [9.17, 15) is 4.79 Å². The van der Waals surface area contributed by atoms with Crippen molar-refractivity contribution in [3.8, 4) is 28.8 Å². The molecule has 8 nitrogen and oxygen atoms in total. The van der Waals surface area contributed by atoms with Crippen LogP contribution >= 0.6 is 38.9 Å². The number of anilines is 2. The SMILES string of the molecule is COc1cc(/C=N\NC(=O)c2ccc(-c3csc(Nc4ccc(Cl)cc4)n3)cc2)cc(Br)c1OCC#N. The Morgan fingerprint density at radius 1 is 1.22 bits per heavy atom. The summed E-state index contributed by atoms with van der Waals surface area (Å²) in [5.41, 5.74) is 6.21. The molecule has 11 heteroatoms. The zero-order chi connectivity index (χ0) is 26.2. The summed E-state index contributed by atoms with van der Waals surface area (Å²) >= 11 is 10.8. The van der Waals surface area contributed by atoms with Crippen molar-refractivity contribution in [1.29, 1.82) is 5.26 Å². The number of nitriles is 1. The summed E-state index contributed by atoms with van der Waals surface area (Å²) < 4.78 is 11.3. The van der Waals surface area contributed by atoms with Crippen molar-refractivity contribution in [3.05, 3.63) is 86.7 Å². The maximum atomic E-state index is 12.5. The van der Waals surface area contributed by atoms with Gasteiger partial charge < -0.3 is 14.8 Å². The minimum Gasteiger partial charge on any atom is -0.493 e. The fraction of sp³-hybridized carbons (Fsp3) is 0.0769. The van der Waals surface area contributed by atoms with Crippen LogP contribution in [0.15, 0.2) is 75.6 Å². The van der Waals surface area contributed by atoms with Crippen LogP contribution in [-0.4, -0.2) is 30.8 Å². The summed E-state index contributed by atoms with van der Waals surface area (Å²) in [4.78, 5) is 17.1. The van der Waals surface area contributed by atoms with Gasteiger partial charge in [-0.15, -0.1) is 11.3 Å². The van der Waals surface area contributed by atoms with Crippen LogP contribution in [-0.2, 0) is 0 Å². The van der Waals surface area contributed by atoms with E-state index in [0.29, 0.717) is 32.1 Å². The van der Waals surface area contributed by atoms with Gasteiger partial charge in [0.2, 0.25) is 0 Å². The van der Waals surface area contributed by atoms with Crippen LogP contribution in [0.25, 0.3) is 11.3 Å². The summed E-state index contributed by atoms with van der Waals surface area (Å²) in [7, 11) is 1.50. The average molecular weight is 597 g/mol. The van der Waals surface area contributed by atoms with Gasteiger partial charge in [0.1, 0.15) is 6.07 Å². The largest absolute Gasteiger partial charge is 0.493 e. The number of ether oxygens (including phenoxy) is 2. The Kier molecular flexibility index (Phi) is 8.74. The molecule has 1 heterocycles. The topological polar surface area (TPSA) is 109 Å². The number of nitrogens with one attached hydrogen (secondary N) is 2. The first-order valence-corrected chi connectivity index (χ1v) is 12.8. The molecule has 186 valence electrons. The van der Waals surface area contributed by atoms with E-state index in [1.807, 2.05) is 47.8 Å². The number of carbonyl (C=O) groups excluding carboxylic acids is 1. The van der Waals surface area contributed by atoms with Crippen molar-refractivity contribution in [2.24, 2.45) is 5.10 Å². The molecule has 3 aromatic carbocycles. The Morgan fingerprint density at radius 3 is 2.68 bits per heavy atom. The van der Waals surface area contributed by atoms with Gasteiger partial charge in [-0.2, -0.15) is 10.4 Å². The van der Waals surface area contributed by atoms with Crippen LogP contribution in [0.4, 0.5) is 10.8 Å². The van der Waals surface area contributed by atoms with Gasteiger partial charge in [-0.05, 0) is 70.0 Å². The summed E-state index contributed by atoms with van der Waals surface area (Å²) in [6.07, 6.45) is 1.48. The van der Waals surface area contributed by atoms with Crippen LogP contribution in [0.3, 0.4) is 0 Å². The van der Waals surface area contributed by atoms with E-state index in [4.69, 9.17) is 26.3 Å². The van der Waals surface area contributed by atoms with E-state index < -0.39 is 0 Å². The van der Waals surface area contributed by atoms with E-state index in [0.717, 1.165) is 22.1 Å². The van der Waals surface area contributed by atoms with E-state index in [2.05, 4.69) is 36.8 Å². The lowest BCUT2D eigenvalue weighted by Gasteiger charge is -2.11. The summed E-state index contributed by atoms with van der Waals surface area (Å²) in [6.45, 7) is -0.110. The number of methoxy groups -OCH3 is 1. The predicted octanol–water partition coefficient (Wildman–Crippen LogP) is 6.64. The first-order chi connectivity index (χ1) is 18.0. The molecular weight excluding hydrogens is 578 g/mol. The maximum Gasteiger partial charge on any atom is 0.271 e. The van der Waals surface area contributed by atoms with Crippen molar-refractivity contribution in [2.75, 3.05) is 19.0 Å². The van der Waals surface area contributed by atoms with Crippen molar-refractivity contribution in [2.45, 2.75) is 0 Å². The fourth-order valence-electron chi connectivity index (χ4n) is 3.20. The molecule has 4 rings (SSSR count). The van der Waals surface area contributed by atoms with Gasteiger partial charge in [-0.1, -0.05) is 23.7 Å². The van der Waals surface area contributed by atoms with E-state index in [-0.39, 0.29) is 12.5 Å². The average Bonchev–Trinajstić information content (AvgIpc) is 3.37. The van der Waals surface area contributed by atoms with Gasteiger partial charge >= 0.3 is 0 Å². The number of benzene rings is 3. The second kappa shape index (κ2) is 12.4. The molecule has 0 radical (unpaired) electrons. The number of hydrogen-bond donors (Lipinski definition) is 2. The normalized spacial score (nSPS) is 10.6. The highest BCUT2D eigenvalue weighted by Gasteiger charge is 2.12. The molecular formula is C26H19BrClN5O3S. The molecule has 1 aromatic heterocycles. The highest BCUT2D eigenvalue weighted by atomic mass is 79.9. The molecule has 0 unspecified atom stereocenters. The van der Waals surface area contributed by atoms with Gasteiger partial charge in [-0.3, -0.25) is 4.79 Å². The second-order valence-electron chi connectivity index (χ2n) is 7.43. The van der Waals surface area contributed by atoms with Gasteiger partial charge in [0.15, 0.2) is 23.2 Å². The lowest BCUT2D eigenvalue weighted by Crippen LogP contribution is -2.17. The Bertz CT molecular complexity index is 1470. The number of thiazole rings is 1. The third-order valence-corrected chi connectivity index (χ3v) is 6.55. The quantitative estimate of drug-likeness (QED) is 0.166. The molecule has 0 atom stereocenters. The van der Waals surface area contributed by atoms with E-state index in [1.165, 1.54) is 24.7 Å². The molecule has 2 N–H and O–H groups in total. The van der Waals surface area contributed by atoms with Gasteiger partial charge in [0.05, 0.1) is 23.5 Å².